The molecule has 0 aliphatic carbocycles. The zero-order chi connectivity index (χ0) is 13.3. The Labute approximate surface area is 111 Å². The first kappa shape index (κ1) is 13.4. The molecular weight excluding hydrogens is 252 g/mol. The predicted molar refractivity (Wildman–Crippen MR) is 72.4 cm³/mol. The molecule has 18 heavy (non-hydrogen) atoms. The summed E-state index contributed by atoms with van der Waals surface area (Å²) in [4.78, 5) is 0. The van der Waals surface area contributed by atoms with Crippen LogP contribution in [0.25, 0.3) is 11.0 Å². The second-order valence-electron chi connectivity index (χ2n) is 4.71. The lowest BCUT2D eigenvalue weighted by Gasteiger charge is -2.30. The summed E-state index contributed by atoms with van der Waals surface area (Å²) in [5.74, 6) is 6.30. The largest absolute Gasteiger partial charge is 0.458 e. The Morgan fingerprint density at radius 2 is 2.17 bits per heavy atom. The van der Waals surface area contributed by atoms with Crippen LogP contribution in [0.5, 0.6) is 0 Å². The van der Waals surface area contributed by atoms with E-state index in [1.807, 2.05) is 32.0 Å². The number of benzene rings is 1. The predicted octanol–water partition coefficient (Wildman–Crippen LogP) is 3.02. The highest BCUT2D eigenvalue weighted by Gasteiger charge is 2.32. The van der Waals surface area contributed by atoms with E-state index in [1.54, 1.807) is 13.2 Å². The standard InChI is InChI=1S/C13H17ClN2O2/c1-13(2,17-3)12(16-15)10-7-8-5-4-6-9(14)11(8)18-10/h4-7,12,16H,15H2,1-3H3. The van der Waals surface area contributed by atoms with Crippen molar-refractivity contribution in [3.8, 4) is 0 Å². The van der Waals surface area contributed by atoms with Crippen molar-refractivity contribution in [2.75, 3.05) is 7.11 Å². The van der Waals surface area contributed by atoms with E-state index in [0.29, 0.717) is 16.4 Å². The fraction of sp³-hybridized carbons (Fsp3) is 0.385. The van der Waals surface area contributed by atoms with Crippen LogP contribution in [-0.4, -0.2) is 12.7 Å². The summed E-state index contributed by atoms with van der Waals surface area (Å²) < 4.78 is 11.2. The zero-order valence-electron chi connectivity index (χ0n) is 10.7. The summed E-state index contributed by atoms with van der Waals surface area (Å²) in [7, 11) is 1.64. The summed E-state index contributed by atoms with van der Waals surface area (Å²) in [6.07, 6.45) is 0. The number of furan rings is 1. The number of para-hydroxylation sites is 1. The van der Waals surface area contributed by atoms with Crippen molar-refractivity contribution in [3.63, 3.8) is 0 Å². The Hall–Kier alpha value is -1.07. The third-order valence-corrected chi connectivity index (χ3v) is 3.49. The van der Waals surface area contributed by atoms with Crippen molar-refractivity contribution in [3.05, 3.63) is 35.0 Å². The van der Waals surface area contributed by atoms with Gasteiger partial charge in [-0.25, -0.2) is 5.43 Å². The molecule has 5 heteroatoms. The normalized spacial score (nSPS) is 14.1. The van der Waals surface area contributed by atoms with Crippen LogP contribution >= 0.6 is 11.6 Å². The van der Waals surface area contributed by atoms with Crippen LogP contribution in [0.15, 0.2) is 28.7 Å². The molecule has 1 unspecified atom stereocenters. The van der Waals surface area contributed by atoms with Crippen LogP contribution < -0.4 is 11.3 Å². The van der Waals surface area contributed by atoms with Crippen LogP contribution in [0.3, 0.4) is 0 Å². The van der Waals surface area contributed by atoms with Gasteiger partial charge in [0.1, 0.15) is 11.8 Å². The molecule has 0 aliphatic heterocycles. The van der Waals surface area contributed by atoms with Gasteiger partial charge in [-0.05, 0) is 26.0 Å². The Kier molecular flexibility index (Phi) is 3.64. The molecule has 2 aromatic rings. The van der Waals surface area contributed by atoms with Gasteiger partial charge in [0.2, 0.25) is 0 Å². The van der Waals surface area contributed by atoms with Gasteiger partial charge in [-0.15, -0.1) is 0 Å². The van der Waals surface area contributed by atoms with Crippen LogP contribution in [0.2, 0.25) is 5.02 Å². The maximum Gasteiger partial charge on any atom is 0.152 e. The summed E-state index contributed by atoms with van der Waals surface area (Å²) in [5.41, 5.74) is 2.91. The number of rotatable bonds is 4. The molecule has 0 saturated carbocycles. The Balaban J connectivity index is 2.50. The molecule has 4 nitrogen and oxygen atoms in total. The molecule has 1 aromatic heterocycles. The molecule has 0 saturated heterocycles. The maximum atomic E-state index is 6.09. The number of hydrogen-bond acceptors (Lipinski definition) is 4. The van der Waals surface area contributed by atoms with Gasteiger partial charge < -0.3 is 9.15 Å². The molecule has 0 bridgehead atoms. The smallest absolute Gasteiger partial charge is 0.152 e. The molecule has 1 atom stereocenters. The van der Waals surface area contributed by atoms with Gasteiger partial charge >= 0.3 is 0 Å². The number of halogens is 1. The number of ether oxygens (including phenoxy) is 1. The van der Waals surface area contributed by atoms with E-state index in [2.05, 4.69) is 5.43 Å². The van der Waals surface area contributed by atoms with Crippen LogP contribution in [0, 0.1) is 0 Å². The third kappa shape index (κ3) is 2.24. The molecule has 0 amide bonds. The Bertz CT molecular complexity index is 551. The molecular formula is C13H17ClN2O2. The van der Waals surface area contributed by atoms with Crippen LogP contribution in [0.4, 0.5) is 0 Å². The van der Waals surface area contributed by atoms with Gasteiger partial charge in [-0.2, -0.15) is 0 Å². The Morgan fingerprint density at radius 3 is 2.72 bits per heavy atom. The quantitative estimate of drug-likeness (QED) is 0.661. The molecule has 0 fully saturated rings. The number of nitrogens with one attached hydrogen (secondary N) is 1. The molecule has 0 radical (unpaired) electrons. The average molecular weight is 269 g/mol. The highest BCUT2D eigenvalue weighted by molar-refractivity contribution is 6.34. The summed E-state index contributed by atoms with van der Waals surface area (Å²) in [6, 6.07) is 7.29. The maximum absolute atomic E-state index is 6.09. The molecule has 1 heterocycles. The van der Waals surface area contributed by atoms with Crippen molar-refractivity contribution in [2.45, 2.75) is 25.5 Å². The van der Waals surface area contributed by atoms with Gasteiger partial charge in [0.15, 0.2) is 5.58 Å². The summed E-state index contributed by atoms with van der Waals surface area (Å²) >= 11 is 6.09. The lowest BCUT2D eigenvalue weighted by Crippen LogP contribution is -2.43. The second-order valence-corrected chi connectivity index (χ2v) is 5.12. The second kappa shape index (κ2) is 4.90. The SMILES string of the molecule is COC(C)(C)C(NN)c1cc2cccc(Cl)c2o1. The van der Waals surface area contributed by atoms with E-state index < -0.39 is 5.60 Å². The van der Waals surface area contributed by atoms with E-state index in [4.69, 9.17) is 26.6 Å². The first-order valence-corrected chi connectivity index (χ1v) is 6.06. The van der Waals surface area contributed by atoms with Crippen LogP contribution in [0.1, 0.15) is 25.6 Å². The monoisotopic (exact) mass is 268 g/mol. The number of nitrogens with two attached hydrogens (primary N) is 1. The Morgan fingerprint density at radius 1 is 1.44 bits per heavy atom. The molecule has 0 spiro atoms. The van der Waals surface area contributed by atoms with E-state index in [9.17, 15) is 0 Å². The van der Waals surface area contributed by atoms with Gasteiger partial charge in [0.05, 0.1) is 10.6 Å². The van der Waals surface area contributed by atoms with E-state index >= 15 is 0 Å². The van der Waals surface area contributed by atoms with E-state index in [-0.39, 0.29) is 6.04 Å². The first-order chi connectivity index (χ1) is 8.49. The molecule has 1 aromatic carbocycles. The number of methoxy groups -OCH3 is 1. The van der Waals surface area contributed by atoms with Crippen molar-refractivity contribution in [1.29, 1.82) is 0 Å². The van der Waals surface area contributed by atoms with Crippen molar-refractivity contribution in [1.82, 2.24) is 5.43 Å². The zero-order valence-corrected chi connectivity index (χ0v) is 11.4. The number of hydrazine groups is 1. The lowest BCUT2D eigenvalue weighted by molar-refractivity contribution is -0.0165. The summed E-state index contributed by atoms with van der Waals surface area (Å²) in [6.45, 7) is 3.87. The van der Waals surface area contributed by atoms with E-state index in [0.717, 1.165) is 5.39 Å². The minimum Gasteiger partial charge on any atom is -0.458 e. The fourth-order valence-corrected chi connectivity index (χ4v) is 2.15. The highest BCUT2D eigenvalue weighted by Crippen LogP contribution is 2.34. The number of hydrogen-bond donors (Lipinski definition) is 2. The lowest BCUT2D eigenvalue weighted by atomic mass is 9.97. The minimum atomic E-state index is -0.491. The van der Waals surface area contributed by atoms with Gasteiger partial charge in [-0.1, -0.05) is 23.7 Å². The highest BCUT2D eigenvalue weighted by atomic mass is 35.5. The van der Waals surface area contributed by atoms with E-state index in [1.165, 1.54) is 0 Å². The molecule has 0 aliphatic rings. The van der Waals surface area contributed by atoms with Gasteiger partial charge in [0, 0.05) is 12.5 Å². The first-order valence-electron chi connectivity index (χ1n) is 5.69. The average Bonchev–Trinajstić information content (AvgIpc) is 2.74. The molecule has 2 rings (SSSR count). The fourth-order valence-electron chi connectivity index (χ4n) is 1.93. The topological polar surface area (TPSA) is 60.4 Å². The number of fused-ring (bicyclic) bond motifs is 1. The summed E-state index contributed by atoms with van der Waals surface area (Å²) in [5, 5.41) is 1.54. The van der Waals surface area contributed by atoms with Crippen molar-refractivity contribution >= 4 is 22.6 Å². The van der Waals surface area contributed by atoms with Gasteiger partial charge in [-0.3, -0.25) is 5.84 Å². The molecule has 3 N–H and O–H groups in total. The van der Waals surface area contributed by atoms with Gasteiger partial charge in [0.25, 0.3) is 0 Å². The van der Waals surface area contributed by atoms with Crippen LogP contribution in [-0.2, 0) is 4.74 Å². The third-order valence-electron chi connectivity index (χ3n) is 3.19. The van der Waals surface area contributed by atoms with Crippen molar-refractivity contribution in [2.24, 2.45) is 5.84 Å². The molecule has 98 valence electrons. The van der Waals surface area contributed by atoms with Crippen molar-refractivity contribution < 1.29 is 9.15 Å². The minimum absolute atomic E-state index is 0.258.